The quantitative estimate of drug-likeness (QED) is 0.707. The zero-order valence-corrected chi connectivity index (χ0v) is 17.2. The molecule has 0 aliphatic rings. The Labute approximate surface area is 161 Å². The Balaban J connectivity index is 2.23. The number of hydrogen-bond acceptors (Lipinski definition) is 5. The van der Waals surface area contributed by atoms with Crippen molar-refractivity contribution in [3.63, 3.8) is 0 Å². The minimum absolute atomic E-state index is 0.0878. The average molecular weight is 394 g/mol. The number of para-hydroxylation sites is 1. The molecule has 148 valence electrons. The first-order valence-electron chi connectivity index (χ1n) is 8.73. The van der Waals surface area contributed by atoms with Gasteiger partial charge in [0.1, 0.15) is 11.5 Å². The molecular weight excluding hydrogens is 366 g/mol. The van der Waals surface area contributed by atoms with E-state index in [1.54, 1.807) is 19.2 Å². The highest BCUT2D eigenvalue weighted by molar-refractivity contribution is 7.89. The van der Waals surface area contributed by atoms with Crippen molar-refractivity contribution < 1.29 is 22.6 Å². The maximum Gasteiger partial charge on any atom is 0.240 e. The van der Waals surface area contributed by atoms with E-state index in [4.69, 9.17) is 14.2 Å². The Morgan fingerprint density at radius 1 is 1.07 bits per heavy atom. The Bertz CT molecular complexity index is 857. The molecule has 0 aliphatic heterocycles. The largest absolute Gasteiger partial charge is 0.496 e. The fraction of sp³-hybridized carbons (Fsp3) is 0.400. The van der Waals surface area contributed by atoms with Crippen LogP contribution in [0.1, 0.15) is 29.7 Å². The van der Waals surface area contributed by atoms with Crippen molar-refractivity contribution in [3.8, 4) is 11.5 Å². The van der Waals surface area contributed by atoms with E-state index in [0.717, 1.165) is 22.4 Å². The first-order chi connectivity index (χ1) is 12.8. The SMILES string of the molecule is CCOc1c(C)cc(S(=O)(=O)NCC(OC)c2ccccc2OC)cc1C. The van der Waals surface area contributed by atoms with Crippen molar-refractivity contribution in [2.24, 2.45) is 0 Å². The fourth-order valence-corrected chi connectivity index (χ4v) is 4.16. The van der Waals surface area contributed by atoms with E-state index in [9.17, 15) is 8.42 Å². The van der Waals surface area contributed by atoms with E-state index in [2.05, 4.69) is 4.72 Å². The standard InChI is InChI=1S/C20H27NO5S/c1-6-26-20-14(2)11-16(12-15(20)3)27(22,23)21-13-19(25-5)17-9-7-8-10-18(17)24-4/h7-12,19,21H,6,13H2,1-5H3. The van der Waals surface area contributed by atoms with Gasteiger partial charge in [-0.15, -0.1) is 0 Å². The fourth-order valence-electron chi connectivity index (χ4n) is 2.96. The number of hydrogen-bond donors (Lipinski definition) is 1. The van der Waals surface area contributed by atoms with Crippen molar-refractivity contribution in [1.29, 1.82) is 0 Å². The van der Waals surface area contributed by atoms with Gasteiger partial charge >= 0.3 is 0 Å². The number of benzene rings is 2. The summed E-state index contributed by atoms with van der Waals surface area (Å²) in [7, 11) is -0.587. The summed E-state index contributed by atoms with van der Waals surface area (Å²) in [6, 6.07) is 10.6. The Hall–Kier alpha value is -2.09. The van der Waals surface area contributed by atoms with Crippen LogP contribution in [0.25, 0.3) is 0 Å². The lowest BCUT2D eigenvalue weighted by Gasteiger charge is -2.19. The maximum absolute atomic E-state index is 12.8. The van der Waals surface area contributed by atoms with Gasteiger partial charge in [0.25, 0.3) is 0 Å². The van der Waals surface area contributed by atoms with Crippen LogP contribution in [-0.4, -0.2) is 35.8 Å². The molecule has 0 saturated carbocycles. The van der Waals surface area contributed by atoms with Crippen molar-refractivity contribution in [3.05, 3.63) is 53.1 Å². The molecule has 0 aliphatic carbocycles. The minimum Gasteiger partial charge on any atom is -0.496 e. The van der Waals surface area contributed by atoms with Gasteiger partial charge in [-0.3, -0.25) is 0 Å². The Morgan fingerprint density at radius 3 is 2.26 bits per heavy atom. The summed E-state index contributed by atoms with van der Waals surface area (Å²) < 4.78 is 44.6. The molecule has 0 spiro atoms. The summed E-state index contributed by atoms with van der Waals surface area (Å²) >= 11 is 0. The van der Waals surface area contributed by atoms with Crippen LogP contribution in [0.4, 0.5) is 0 Å². The summed E-state index contributed by atoms with van der Waals surface area (Å²) in [5, 5.41) is 0. The average Bonchev–Trinajstić information content (AvgIpc) is 2.65. The lowest BCUT2D eigenvalue weighted by molar-refractivity contribution is 0.105. The van der Waals surface area contributed by atoms with Crippen LogP contribution in [-0.2, 0) is 14.8 Å². The van der Waals surface area contributed by atoms with E-state index >= 15 is 0 Å². The molecule has 2 aromatic carbocycles. The number of ether oxygens (including phenoxy) is 3. The first kappa shape index (κ1) is 21.2. The summed E-state index contributed by atoms with van der Waals surface area (Å²) in [5.41, 5.74) is 2.35. The van der Waals surface area contributed by atoms with Gasteiger partial charge in [-0.25, -0.2) is 13.1 Å². The van der Waals surface area contributed by atoms with Crippen molar-refractivity contribution in [2.45, 2.75) is 31.8 Å². The van der Waals surface area contributed by atoms with Crippen LogP contribution in [0, 0.1) is 13.8 Å². The lowest BCUT2D eigenvalue weighted by Crippen LogP contribution is -2.29. The Kier molecular flexibility index (Phi) is 7.24. The number of nitrogens with one attached hydrogen (secondary N) is 1. The Morgan fingerprint density at radius 2 is 1.70 bits per heavy atom. The van der Waals surface area contributed by atoms with Crippen molar-refractivity contribution in [2.75, 3.05) is 27.4 Å². The zero-order chi connectivity index (χ0) is 20.0. The molecule has 1 N–H and O–H groups in total. The van der Waals surface area contributed by atoms with Gasteiger partial charge in [0.2, 0.25) is 10.0 Å². The molecule has 0 amide bonds. The van der Waals surface area contributed by atoms with Crippen molar-refractivity contribution >= 4 is 10.0 Å². The van der Waals surface area contributed by atoms with Crippen LogP contribution in [0.2, 0.25) is 0 Å². The molecule has 6 nitrogen and oxygen atoms in total. The highest BCUT2D eigenvalue weighted by atomic mass is 32.2. The molecule has 1 unspecified atom stereocenters. The number of rotatable bonds is 9. The summed E-state index contributed by atoms with van der Waals surface area (Å²) in [5.74, 6) is 1.37. The highest BCUT2D eigenvalue weighted by Crippen LogP contribution is 2.29. The molecule has 0 saturated heterocycles. The minimum atomic E-state index is -3.70. The van der Waals surface area contributed by atoms with Crippen LogP contribution in [0.15, 0.2) is 41.3 Å². The zero-order valence-electron chi connectivity index (χ0n) is 16.4. The highest BCUT2D eigenvalue weighted by Gasteiger charge is 2.21. The molecule has 1 atom stereocenters. The van der Waals surface area contributed by atoms with E-state index in [1.165, 1.54) is 7.11 Å². The van der Waals surface area contributed by atoms with Crippen LogP contribution in [0.3, 0.4) is 0 Å². The molecule has 7 heteroatoms. The molecule has 0 aromatic heterocycles. The number of sulfonamides is 1. The third-order valence-electron chi connectivity index (χ3n) is 4.26. The molecular formula is C20H27NO5S. The van der Waals surface area contributed by atoms with Gasteiger partial charge in [-0.05, 0) is 50.1 Å². The van der Waals surface area contributed by atoms with E-state index in [1.807, 2.05) is 45.0 Å². The second-order valence-electron chi connectivity index (χ2n) is 6.14. The second-order valence-corrected chi connectivity index (χ2v) is 7.90. The van der Waals surface area contributed by atoms with Gasteiger partial charge < -0.3 is 14.2 Å². The molecule has 0 bridgehead atoms. The number of methoxy groups -OCH3 is 2. The number of aryl methyl sites for hydroxylation is 2. The summed E-state index contributed by atoms with van der Waals surface area (Å²) in [6.07, 6.45) is -0.471. The second kappa shape index (κ2) is 9.21. The van der Waals surface area contributed by atoms with Gasteiger partial charge in [0, 0.05) is 19.2 Å². The van der Waals surface area contributed by atoms with Gasteiger partial charge in [0.05, 0.1) is 24.7 Å². The van der Waals surface area contributed by atoms with Gasteiger partial charge in [0.15, 0.2) is 0 Å². The van der Waals surface area contributed by atoms with E-state index < -0.39 is 16.1 Å². The molecule has 2 aromatic rings. The third-order valence-corrected chi connectivity index (χ3v) is 5.66. The van der Waals surface area contributed by atoms with Gasteiger partial charge in [-0.1, -0.05) is 18.2 Å². The molecule has 0 heterocycles. The smallest absolute Gasteiger partial charge is 0.240 e. The monoisotopic (exact) mass is 393 g/mol. The van der Waals surface area contributed by atoms with Gasteiger partial charge in [-0.2, -0.15) is 0 Å². The first-order valence-corrected chi connectivity index (χ1v) is 10.2. The lowest BCUT2D eigenvalue weighted by atomic mass is 10.1. The van der Waals surface area contributed by atoms with Crippen LogP contribution < -0.4 is 14.2 Å². The maximum atomic E-state index is 12.8. The molecule has 2 rings (SSSR count). The topological polar surface area (TPSA) is 73.9 Å². The molecule has 0 fully saturated rings. The van der Waals surface area contributed by atoms with E-state index in [-0.39, 0.29) is 11.4 Å². The van der Waals surface area contributed by atoms with E-state index in [0.29, 0.717) is 12.4 Å². The van der Waals surface area contributed by atoms with Crippen LogP contribution in [0.5, 0.6) is 11.5 Å². The normalized spacial score (nSPS) is 12.6. The predicted molar refractivity (Wildman–Crippen MR) is 105 cm³/mol. The molecule has 27 heavy (non-hydrogen) atoms. The summed E-state index contributed by atoms with van der Waals surface area (Å²) in [4.78, 5) is 0.204. The van der Waals surface area contributed by atoms with Crippen molar-refractivity contribution in [1.82, 2.24) is 4.72 Å². The molecule has 0 radical (unpaired) electrons. The summed E-state index contributed by atoms with van der Waals surface area (Å²) in [6.45, 7) is 6.19. The third kappa shape index (κ3) is 5.00. The predicted octanol–water partition coefficient (Wildman–Crippen LogP) is 3.38. The van der Waals surface area contributed by atoms with Crippen LogP contribution >= 0.6 is 0 Å².